The van der Waals surface area contributed by atoms with Gasteiger partial charge in [0.25, 0.3) is 0 Å². The second-order valence-corrected chi connectivity index (χ2v) is 8.44. The van der Waals surface area contributed by atoms with E-state index in [0.717, 1.165) is 25.0 Å². The van der Waals surface area contributed by atoms with E-state index in [4.69, 9.17) is 14.2 Å². The van der Waals surface area contributed by atoms with Crippen LogP contribution >= 0.6 is 0 Å². The maximum absolute atomic E-state index is 12.1. The quantitative estimate of drug-likeness (QED) is 0.444. The van der Waals surface area contributed by atoms with E-state index in [2.05, 4.69) is 4.72 Å². The summed E-state index contributed by atoms with van der Waals surface area (Å²) in [4.78, 5) is 12.2. The van der Waals surface area contributed by atoms with E-state index in [0.29, 0.717) is 12.4 Å². The standard InChI is InChI=1S/C21H25NO6S/c1-2-13-26-18-7-9-19(10-8-18)27-14-15-28-21(23)16-3-11-20(12-4-16)29(24,25)22-17-5-6-17/h3-4,7-12,17,22H,2,5-6,13-15H2,1H3. The van der Waals surface area contributed by atoms with Crippen molar-refractivity contribution in [2.75, 3.05) is 19.8 Å². The summed E-state index contributed by atoms with van der Waals surface area (Å²) in [6.45, 7) is 3.00. The topological polar surface area (TPSA) is 90.9 Å². The molecule has 1 aliphatic rings. The summed E-state index contributed by atoms with van der Waals surface area (Å²) < 4.78 is 43.1. The predicted octanol–water partition coefficient (Wildman–Crippen LogP) is 3.15. The highest BCUT2D eigenvalue weighted by Gasteiger charge is 2.28. The molecule has 8 heteroatoms. The lowest BCUT2D eigenvalue weighted by Crippen LogP contribution is -2.25. The number of hydrogen-bond donors (Lipinski definition) is 1. The van der Waals surface area contributed by atoms with Crippen LogP contribution in [0.1, 0.15) is 36.5 Å². The highest BCUT2D eigenvalue weighted by Crippen LogP contribution is 2.22. The molecule has 1 fully saturated rings. The maximum atomic E-state index is 12.1. The monoisotopic (exact) mass is 419 g/mol. The molecular weight excluding hydrogens is 394 g/mol. The third-order valence-electron chi connectivity index (χ3n) is 4.18. The Morgan fingerprint density at radius 2 is 1.52 bits per heavy atom. The smallest absolute Gasteiger partial charge is 0.338 e. The van der Waals surface area contributed by atoms with Crippen molar-refractivity contribution in [2.24, 2.45) is 0 Å². The first-order valence-corrected chi connectivity index (χ1v) is 11.1. The second kappa shape index (κ2) is 9.76. The van der Waals surface area contributed by atoms with Crippen molar-refractivity contribution in [2.45, 2.75) is 37.1 Å². The van der Waals surface area contributed by atoms with Gasteiger partial charge in [0.15, 0.2) is 0 Å². The molecule has 0 atom stereocenters. The maximum Gasteiger partial charge on any atom is 0.338 e. The zero-order chi connectivity index (χ0) is 20.7. The van der Waals surface area contributed by atoms with E-state index in [1.54, 1.807) is 12.1 Å². The molecule has 1 aliphatic carbocycles. The predicted molar refractivity (Wildman–Crippen MR) is 108 cm³/mol. The summed E-state index contributed by atoms with van der Waals surface area (Å²) in [5.41, 5.74) is 0.285. The van der Waals surface area contributed by atoms with Gasteiger partial charge in [-0.3, -0.25) is 0 Å². The summed E-state index contributed by atoms with van der Waals surface area (Å²) >= 11 is 0. The molecule has 0 unspecified atom stereocenters. The molecule has 0 radical (unpaired) electrons. The summed E-state index contributed by atoms with van der Waals surface area (Å²) in [6, 6.07) is 13.0. The molecule has 0 heterocycles. The van der Waals surface area contributed by atoms with Crippen molar-refractivity contribution in [3.05, 3.63) is 54.1 Å². The van der Waals surface area contributed by atoms with Crippen LogP contribution in [0.15, 0.2) is 53.4 Å². The van der Waals surface area contributed by atoms with Crippen molar-refractivity contribution in [3.8, 4) is 11.5 Å². The van der Waals surface area contributed by atoms with Gasteiger partial charge in [0.05, 0.1) is 17.1 Å². The van der Waals surface area contributed by atoms with Crippen LogP contribution in [0.2, 0.25) is 0 Å². The number of esters is 1. The highest BCUT2D eigenvalue weighted by atomic mass is 32.2. The molecule has 0 spiro atoms. The van der Waals surface area contributed by atoms with Gasteiger partial charge in [-0.15, -0.1) is 0 Å². The zero-order valence-electron chi connectivity index (χ0n) is 16.3. The van der Waals surface area contributed by atoms with Gasteiger partial charge in [0, 0.05) is 6.04 Å². The lowest BCUT2D eigenvalue weighted by atomic mass is 10.2. The van der Waals surface area contributed by atoms with Crippen LogP contribution in [-0.2, 0) is 14.8 Å². The van der Waals surface area contributed by atoms with Gasteiger partial charge in [-0.1, -0.05) is 6.92 Å². The zero-order valence-corrected chi connectivity index (χ0v) is 17.1. The molecule has 0 saturated heterocycles. The van der Waals surface area contributed by atoms with E-state index in [9.17, 15) is 13.2 Å². The van der Waals surface area contributed by atoms with Gasteiger partial charge in [-0.05, 0) is 67.8 Å². The fourth-order valence-corrected chi connectivity index (χ4v) is 3.79. The minimum Gasteiger partial charge on any atom is -0.494 e. The van der Waals surface area contributed by atoms with E-state index in [1.165, 1.54) is 24.3 Å². The van der Waals surface area contributed by atoms with E-state index in [1.807, 2.05) is 19.1 Å². The van der Waals surface area contributed by atoms with Crippen molar-refractivity contribution in [1.82, 2.24) is 4.72 Å². The van der Waals surface area contributed by atoms with Crippen molar-refractivity contribution in [1.29, 1.82) is 0 Å². The molecular formula is C21H25NO6S. The average Bonchev–Trinajstić information content (AvgIpc) is 3.54. The Morgan fingerprint density at radius 1 is 0.931 bits per heavy atom. The van der Waals surface area contributed by atoms with Crippen LogP contribution < -0.4 is 14.2 Å². The van der Waals surface area contributed by atoms with Crippen LogP contribution in [0.5, 0.6) is 11.5 Å². The number of carbonyl (C=O) groups excluding carboxylic acids is 1. The molecule has 1 N–H and O–H groups in total. The SMILES string of the molecule is CCCOc1ccc(OCCOC(=O)c2ccc(S(=O)(=O)NC3CC3)cc2)cc1. The minimum absolute atomic E-state index is 0.0321. The first-order chi connectivity index (χ1) is 14.0. The van der Waals surface area contributed by atoms with Crippen LogP contribution in [0.4, 0.5) is 0 Å². The molecule has 29 heavy (non-hydrogen) atoms. The highest BCUT2D eigenvalue weighted by molar-refractivity contribution is 7.89. The number of carbonyl (C=O) groups is 1. The summed E-state index contributed by atoms with van der Waals surface area (Å²) in [6.07, 6.45) is 2.67. The first-order valence-electron chi connectivity index (χ1n) is 9.63. The van der Waals surface area contributed by atoms with Crippen molar-refractivity contribution < 1.29 is 27.4 Å². The number of rotatable bonds is 11. The summed E-state index contributed by atoms with van der Waals surface area (Å²) in [5.74, 6) is 0.905. The number of sulfonamides is 1. The Labute approximate surface area is 171 Å². The lowest BCUT2D eigenvalue weighted by Gasteiger charge is -2.09. The van der Waals surface area contributed by atoms with Gasteiger partial charge in [0.1, 0.15) is 24.7 Å². The molecule has 0 amide bonds. The number of nitrogens with one attached hydrogen (secondary N) is 1. The molecule has 0 bridgehead atoms. The first kappa shape index (κ1) is 21.1. The van der Waals surface area contributed by atoms with E-state index < -0.39 is 16.0 Å². The average molecular weight is 419 g/mol. The van der Waals surface area contributed by atoms with E-state index >= 15 is 0 Å². The molecule has 1 saturated carbocycles. The van der Waals surface area contributed by atoms with Gasteiger partial charge < -0.3 is 14.2 Å². The normalized spacial score (nSPS) is 13.7. The van der Waals surface area contributed by atoms with Crippen LogP contribution in [0.25, 0.3) is 0 Å². The van der Waals surface area contributed by atoms with Crippen LogP contribution in [-0.4, -0.2) is 40.2 Å². The van der Waals surface area contributed by atoms with Crippen LogP contribution in [0.3, 0.4) is 0 Å². The lowest BCUT2D eigenvalue weighted by molar-refractivity contribution is 0.0450. The van der Waals surface area contributed by atoms with Crippen molar-refractivity contribution >= 4 is 16.0 Å². The summed E-state index contributed by atoms with van der Waals surface area (Å²) in [7, 11) is -3.53. The Balaban J connectivity index is 1.42. The molecule has 7 nitrogen and oxygen atoms in total. The van der Waals surface area contributed by atoms with E-state index in [-0.39, 0.29) is 29.7 Å². The second-order valence-electron chi connectivity index (χ2n) is 6.72. The van der Waals surface area contributed by atoms with Crippen molar-refractivity contribution in [3.63, 3.8) is 0 Å². The molecule has 2 aromatic carbocycles. The Bertz CT molecular complexity index is 905. The third-order valence-corrected chi connectivity index (χ3v) is 5.72. The molecule has 2 aromatic rings. The number of hydrogen-bond acceptors (Lipinski definition) is 6. The Morgan fingerprint density at radius 3 is 2.07 bits per heavy atom. The van der Waals surface area contributed by atoms with Gasteiger partial charge in [0.2, 0.25) is 10.0 Å². The summed E-state index contributed by atoms with van der Waals surface area (Å²) in [5, 5.41) is 0. The minimum atomic E-state index is -3.53. The van der Waals surface area contributed by atoms with Gasteiger partial charge in [-0.2, -0.15) is 0 Å². The Kier molecular flexibility index (Phi) is 7.11. The number of benzene rings is 2. The molecule has 156 valence electrons. The molecule has 3 rings (SSSR count). The Hall–Kier alpha value is -2.58. The van der Waals surface area contributed by atoms with Gasteiger partial charge >= 0.3 is 5.97 Å². The fourth-order valence-electron chi connectivity index (χ4n) is 2.49. The largest absolute Gasteiger partial charge is 0.494 e. The van der Waals surface area contributed by atoms with Gasteiger partial charge in [-0.25, -0.2) is 17.9 Å². The van der Waals surface area contributed by atoms with Crippen LogP contribution in [0, 0.1) is 0 Å². The third kappa shape index (κ3) is 6.47. The number of ether oxygens (including phenoxy) is 3. The molecule has 0 aromatic heterocycles. The molecule has 0 aliphatic heterocycles. The fraction of sp³-hybridized carbons (Fsp3) is 0.381.